The third kappa shape index (κ3) is 5.10. The van der Waals surface area contributed by atoms with E-state index in [1.165, 1.54) is 0 Å². The summed E-state index contributed by atoms with van der Waals surface area (Å²) in [7, 11) is 0. The maximum Gasteiger partial charge on any atom is 0.319 e. The Balaban J connectivity index is 2.00. The van der Waals surface area contributed by atoms with Gasteiger partial charge in [-0.2, -0.15) is 0 Å². The number of pyridine rings is 1. The molecule has 0 aromatic carbocycles. The van der Waals surface area contributed by atoms with Crippen LogP contribution in [-0.4, -0.2) is 34.7 Å². The lowest BCUT2D eigenvalue weighted by atomic mass is 9.80. The van der Waals surface area contributed by atoms with E-state index in [0.29, 0.717) is 18.2 Å². The van der Waals surface area contributed by atoms with Crippen LogP contribution in [-0.2, 0) is 0 Å². The van der Waals surface area contributed by atoms with Gasteiger partial charge >= 0.3 is 6.03 Å². The highest BCUT2D eigenvalue weighted by molar-refractivity contribution is 5.90. The molecular formula is C17H28N4O2. The van der Waals surface area contributed by atoms with Crippen LogP contribution in [0.25, 0.3) is 0 Å². The van der Waals surface area contributed by atoms with Gasteiger partial charge in [-0.05, 0) is 59.6 Å². The Kier molecular flexibility index (Phi) is 5.14. The molecule has 1 saturated heterocycles. The summed E-state index contributed by atoms with van der Waals surface area (Å²) in [4.78, 5) is 16.5. The predicted octanol–water partition coefficient (Wildman–Crippen LogP) is 2.91. The summed E-state index contributed by atoms with van der Waals surface area (Å²) >= 11 is 0. The van der Waals surface area contributed by atoms with Gasteiger partial charge in [-0.1, -0.05) is 0 Å². The first-order valence-electron chi connectivity index (χ1n) is 8.15. The number of carbonyl (C=O) groups is 1. The molecule has 0 saturated carbocycles. The smallest absolute Gasteiger partial charge is 0.319 e. The molecule has 1 aliphatic heterocycles. The Morgan fingerprint density at radius 1 is 1.35 bits per heavy atom. The van der Waals surface area contributed by atoms with Crippen molar-refractivity contribution in [2.24, 2.45) is 0 Å². The molecule has 0 aliphatic carbocycles. The normalized spacial score (nSPS) is 19.9. The third-order valence-electron chi connectivity index (χ3n) is 3.83. The van der Waals surface area contributed by atoms with E-state index in [1.54, 1.807) is 18.3 Å². The second kappa shape index (κ2) is 6.74. The number of hydrogen-bond acceptors (Lipinski definition) is 4. The summed E-state index contributed by atoms with van der Waals surface area (Å²) in [6, 6.07) is 3.45. The van der Waals surface area contributed by atoms with Crippen molar-refractivity contribution in [2.75, 3.05) is 11.9 Å². The molecule has 1 aromatic heterocycles. The minimum absolute atomic E-state index is 0.00944. The van der Waals surface area contributed by atoms with Crippen LogP contribution in [0.4, 0.5) is 10.5 Å². The van der Waals surface area contributed by atoms with Crippen molar-refractivity contribution in [3.63, 3.8) is 0 Å². The summed E-state index contributed by atoms with van der Waals surface area (Å²) in [6.07, 6.45) is 3.41. The number of rotatable bonds is 4. The van der Waals surface area contributed by atoms with E-state index >= 15 is 0 Å². The first-order valence-corrected chi connectivity index (χ1v) is 8.15. The van der Waals surface area contributed by atoms with Crippen LogP contribution in [0.5, 0.6) is 5.88 Å². The lowest BCUT2D eigenvalue weighted by Crippen LogP contribution is -2.62. The fourth-order valence-electron chi connectivity index (χ4n) is 3.51. The molecule has 0 bridgehead atoms. The number of ether oxygens (including phenoxy) is 1. The maximum atomic E-state index is 12.3. The minimum Gasteiger partial charge on any atom is -0.476 e. The highest BCUT2D eigenvalue weighted by Gasteiger charge is 2.38. The Bertz CT molecular complexity index is 541. The fourth-order valence-corrected chi connectivity index (χ4v) is 3.51. The molecule has 1 fully saturated rings. The summed E-state index contributed by atoms with van der Waals surface area (Å²) in [5.74, 6) is 0.441. The van der Waals surface area contributed by atoms with E-state index in [0.717, 1.165) is 12.8 Å². The average Bonchev–Trinajstić information content (AvgIpc) is 2.37. The molecule has 23 heavy (non-hydrogen) atoms. The van der Waals surface area contributed by atoms with E-state index in [4.69, 9.17) is 4.74 Å². The molecule has 6 heteroatoms. The molecule has 3 N–H and O–H groups in total. The third-order valence-corrected chi connectivity index (χ3v) is 3.83. The Morgan fingerprint density at radius 2 is 2.00 bits per heavy atom. The van der Waals surface area contributed by atoms with Crippen molar-refractivity contribution >= 4 is 11.7 Å². The number of urea groups is 1. The van der Waals surface area contributed by atoms with Gasteiger partial charge in [0, 0.05) is 23.3 Å². The first kappa shape index (κ1) is 17.5. The maximum absolute atomic E-state index is 12.3. The van der Waals surface area contributed by atoms with Gasteiger partial charge < -0.3 is 20.7 Å². The molecular weight excluding hydrogens is 292 g/mol. The molecule has 1 aliphatic rings. The van der Waals surface area contributed by atoms with Crippen LogP contribution in [0.3, 0.4) is 0 Å². The number of carbonyl (C=O) groups excluding carboxylic acids is 1. The number of nitrogens with zero attached hydrogens (tertiary/aromatic N) is 1. The highest BCUT2D eigenvalue weighted by atomic mass is 16.5. The lowest BCUT2D eigenvalue weighted by molar-refractivity contribution is 0.149. The quantitative estimate of drug-likeness (QED) is 0.797. The molecule has 2 amide bonds. The zero-order chi connectivity index (χ0) is 17.1. The lowest BCUT2D eigenvalue weighted by Gasteiger charge is -2.46. The average molecular weight is 320 g/mol. The highest BCUT2D eigenvalue weighted by Crippen LogP contribution is 2.28. The van der Waals surface area contributed by atoms with Gasteiger partial charge in [0.1, 0.15) is 5.69 Å². The van der Waals surface area contributed by atoms with Crippen LogP contribution in [0, 0.1) is 0 Å². The molecule has 2 heterocycles. The minimum atomic E-state index is -0.225. The topological polar surface area (TPSA) is 75.3 Å². The van der Waals surface area contributed by atoms with Gasteiger partial charge in [0.2, 0.25) is 5.88 Å². The first-order chi connectivity index (χ1) is 10.7. The summed E-state index contributed by atoms with van der Waals surface area (Å²) in [5, 5.41) is 9.52. The van der Waals surface area contributed by atoms with E-state index in [2.05, 4.69) is 48.6 Å². The van der Waals surface area contributed by atoms with Gasteiger partial charge in [0.25, 0.3) is 0 Å². The van der Waals surface area contributed by atoms with Crippen molar-refractivity contribution in [1.29, 1.82) is 0 Å². The Hall–Kier alpha value is -1.82. The number of aromatic nitrogens is 1. The molecule has 2 rings (SSSR count). The second-order valence-corrected chi connectivity index (χ2v) is 7.39. The van der Waals surface area contributed by atoms with E-state index in [9.17, 15) is 4.79 Å². The Labute approximate surface area is 138 Å². The van der Waals surface area contributed by atoms with Crippen LogP contribution in [0.15, 0.2) is 18.3 Å². The predicted molar refractivity (Wildman–Crippen MR) is 91.9 cm³/mol. The van der Waals surface area contributed by atoms with Gasteiger partial charge in [0.05, 0.1) is 6.61 Å². The van der Waals surface area contributed by atoms with Crippen LogP contribution < -0.4 is 20.7 Å². The monoisotopic (exact) mass is 320 g/mol. The summed E-state index contributed by atoms with van der Waals surface area (Å²) in [6.45, 7) is 11.0. The molecule has 6 nitrogen and oxygen atoms in total. The largest absolute Gasteiger partial charge is 0.476 e. The molecule has 128 valence electrons. The molecule has 0 radical (unpaired) electrons. The Morgan fingerprint density at radius 3 is 2.61 bits per heavy atom. The van der Waals surface area contributed by atoms with Gasteiger partial charge in [-0.15, -0.1) is 0 Å². The number of amides is 2. The van der Waals surface area contributed by atoms with Crippen molar-refractivity contribution < 1.29 is 9.53 Å². The van der Waals surface area contributed by atoms with Crippen molar-refractivity contribution in [1.82, 2.24) is 15.6 Å². The van der Waals surface area contributed by atoms with Crippen LogP contribution >= 0.6 is 0 Å². The number of piperidine rings is 1. The van der Waals surface area contributed by atoms with E-state index in [-0.39, 0.29) is 23.2 Å². The van der Waals surface area contributed by atoms with Crippen molar-refractivity contribution in [3.05, 3.63) is 18.3 Å². The molecule has 0 atom stereocenters. The van der Waals surface area contributed by atoms with Crippen molar-refractivity contribution in [2.45, 2.75) is 64.6 Å². The van der Waals surface area contributed by atoms with E-state index in [1.807, 2.05) is 6.92 Å². The van der Waals surface area contributed by atoms with E-state index < -0.39 is 0 Å². The van der Waals surface area contributed by atoms with Gasteiger partial charge in [0.15, 0.2) is 0 Å². The number of anilines is 1. The molecule has 0 spiro atoms. The fraction of sp³-hybridized carbons (Fsp3) is 0.647. The standard InChI is InChI=1S/C17H28N4O2/c1-6-23-14-13(8-7-9-18-14)20-15(22)19-12-10-16(2,3)21-17(4,5)11-12/h7-9,12,21H,6,10-11H2,1-5H3,(H2,19,20,22). The summed E-state index contributed by atoms with van der Waals surface area (Å²) in [5.41, 5.74) is 0.564. The second-order valence-electron chi connectivity index (χ2n) is 7.39. The van der Waals surface area contributed by atoms with Gasteiger partial charge in [-0.3, -0.25) is 0 Å². The summed E-state index contributed by atoms with van der Waals surface area (Å²) < 4.78 is 5.43. The molecule has 1 aromatic rings. The number of nitrogens with one attached hydrogen (secondary N) is 3. The number of hydrogen-bond donors (Lipinski definition) is 3. The zero-order valence-corrected chi connectivity index (χ0v) is 14.7. The van der Waals surface area contributed by atoms with Crippen LogP contribution in [0.2, 0.25) is 0 Å². The van der Waals surface area contributed by atoms with Gasteiger partial charge in [-0.25, -0.2) is 9.78 Å². The van der Waals surface area contributed by atoms with Crippen LogP contribution in [0.1, 0.15) is 47.5 Å². The zero-order valence-electron chi connectivity index (χ0n) is 14.7. The molecule has 0 unspecified atom stereocenters. The SMILES string of the molecule is CCOc1ncccc1NC(=O)NC1CC(C)(C)NC(C)(C)C1. The van der Waals surface area contributed by atoms with Crippen molar-refractivity contribution in [3.8, 4) is 5.88 Å².